The van der Waals surface area contributed by atoms with E-state index < -0.39 is 23.6 Å². The van der Waals surface area contributed by atoms with Crippen LogP contribution in [0.5, 0.6) is 5.75 Å². The van der Waals surface area contributed by atoms with E-state index >= 15 is 0 Å². The van der Waals surface area contributed by atoms with Gasteiger partial charge < -0.3 is 10.1 Å². The van der Waals surface area contributed by atoms with Crippen molar-refractivity contribution in [2.45, 2.75) is 6.36 Å². The van der Waals surface area contributed by atoms with Gasteiger partial charge in [-0.1, -0.05) is 0 Å². The molecule has 1 aliphatic heterocycles. The van der Waals surface area contributed by atoms with Gasteiger partial charge in [-0.3, -0.25) is 9.59 Å². The van der Waals surface area contributed by atoms with Crippen LogP contribution in [0.4, 0.5) is 18.9 Å². The Kier molecular flexibility index (Phi) is 3.19. The number of fused-ring (bicyclic) bond motifs is 1. The van der Waals surface area contributed by atoms with Crippen molar-refractivity contribution in [3.05, 3.63) is 29.3 Å². The van der Waals surface area contributed by atoms with E-state index in [1.807, 2.05) is 0 Å². The minimum atomic E-state index is -4.88. The molecule has 5 nitrogen and oxygen atoms in total. The minimum absolute atomic E-state index is 0.0143. The van der Waals surface area contributed by atoms with Crippen LogP contribution in [0.15, 0.2) is 23.8 Å². The van der Waals surface area contributed by atoms with Crippen LogP contribution < -0.4 is 10.1 Å². The van der Waals surface area contributed by atoms with E-state index in [4.69, 9.17) is 5.26 Å². The third kappa shape index (κ3) is 2.47. The summed E-state index contributed by atoms with van der Waals surface area (Å²) in [6, 6.07) is 4.67. The van der Waals surface area contributed by atoms with Gasteiger partial charge in [0.1, 0.15) is 17.4 Å². The van der Waals surface area contributed by atoms with Crippen LogP contribution in [-0.4, -0.2) is 18.6 Å². The smallest absolute Gasteiger partial charge is 0.406 e. The molecular weight excluding hydrogens is 277 g/mol. The van der Waals surface area contributed by atoms with E-state index in [-0.39, 0.29) is 23.1 Å². The van der Waals surface area contributed by atoms with Crippen LogP contribution >= 0.6 is 0 Å². The Morgan fingerprint density at radius 3 is 2.65 bits per heavy atom. The second kappa shape index (κ2) is 4.70. The number of carbonyl (C=O) groups is 2. The van der Waals surface area contributed by atoms with Crippen molar-refractivity contribution in [1.29, 1.82) is 5.26 Å². The molecule has 1 aromatic carbocycles. The molecule has 0 aliphatic carbocycles. The molecule has 0 spiro atoms. The predicted molar refractivity (Wildman–Crippen MR) is 60.4 cm³/mol. The van der Waals surface area contributed by atoms with Gasteiger partial charge in [-0.25, -0.2) is 0 Å². The summed E-state index contributed by atoms with van der Waals surface area (Å²) in [5.41, 5.74) is -0.523. The molecule has 0 aromatic heterocycles. The normalized spacial score (nSPS) is 16.0. The quantitative estimate of drug-likeness (QED) is 0.511. The van der Waals surface area contributed by atoms with Crippen molar-refractivity contribution in [3.8, 4) is 11.8 Å². The number of amides is 1. The molecule has 0 atom stereocenters. The molecule has 1 N–H and O–H groups in total. The average Bonchev–Trinajstić information content (AvgIpc) is 2.66. The van der Waals surface area contributed by atoms with Gasteiger partial charge in [-0.15, -0.1) is 13.2 Å². The molecule has 0 bridgehead atoms. The van der Waals surface area contributed by atoms with E-state index in [0.717, 1.165) is 12.1 Å². The Morgan fingerprint density at radius 1 is 1.40 bits per heavy atom. The highest BCUT2D eigenvalue weighted by Crippen LogP contribution is 2.37. The average molecular weight is 282 g/mol. The first kappa shape index (κ1) is 13.6. The maximum atomic E-state index is 12.1. The maximum Gasteiger partial charge on any atom is 0.573 e. The van der Waals surface area contributed by atoms with E-state index in [2.05, 4.69) is 10.1 Å². The number of carbonyl (C=O) groups excluding carboxylic acids is 2. The summed E-state index contributed by atoms with van der Waals surface area (Å²) in [5.74, 6) is -1.28. The number of nitrogens with zero attached hydrogens (tertiary/aromatic N) is 1. The number of hydrogen-bond donors (Lipinski definition) is 1. The van der Waals surface area contributed by atoms with Crippen molar-refractivity contribution in [2.75, 3.05) is 5.32 Å². The Labute approximate surface area is 110 Å². The summed E-state index contributed by atoms with van der Waals surface area (Å²) in [4.78, 5) is 22.4. The fourth-order valence-electron chi connectivity index (χ4n) is 1.75. The standard InChI is InChI=1S/C12H5F3N2O3/c13-12(14,15)20-7-1-2-9-8(3-7)10(11(19)17-9)6(4-16)5-18/h1-3,5H,(H,17,19)/b10-6-. The van der Waals surface area contributed by atoms with Crippen LogP contribution in [0.1, 0.15) is 5.56 Å². The first-order valence-corrected chi connectivity index (χ1v) is 5.17. The fraction of sp³-hybridized carbons (Fsp3) is 0.0833. The van der Waals surface area contributed by atoms with E-state index in [0.29, 0.717) is 0 Å². The molecule has 0 unspecified atom stereocenters. The third-order valence-electron chi connectivity index (χ3n) is 2.48. The second-order valence-corrected chi connectivity index (χ2v) is 3.73. The van der Waals surface area contributed by atoms with E-state index in [9.17, 15) is 22.8 Å². The van der Waals surface area contributed by atoms with Crippen molar-refractivity contribution >= 4 is 23.5 Å². The van der Waals surface area contributed by atoms with Crippen LogP contribution in [0.25, 0.3) is 5.57 Å². The molecule has 20 heavy (non-hydrogen) atoms. The molecule has 1 aliphatic rings. The molecule has 0 fully saturated rings. The highest BCUT2D eigenvalue weighted by atomic mass is 19.4. The topological polar surface area (TPSA) is 79.2 Å². The van der Waals surface area contributed by atoms with Crippen molar-refractivity contribution in [1.82, 2.24) is 0 Å². The van der Waals surface area contributed by atoms with Crippen LogP contribution in [-0.2, 0) is 9.59 Å². The molecule has 1 heterocycles. The lowest BCUT2D eigenvalue weighted by Gasteiger charge is -2.09. The summed E-state index contributed by atoms with van der Waals surface area (Å²) in [7, 11) is 0. The molecule has 0 radical (unpaired) electrons. The number of alkyl halides is 3. The summed E-state index contributed by atoms with van der Waals surface area (Å²) in [6.45, 7) is 0. The lowest BCUT2D eigenvalue weighted by atomic mass is 10.0. The first-order chi connectivity index (χ1) is 9.35. The van der Waals surface area contributed by atoms with E-state index in [1.165, 1.54) is 12.1 Å². The molecule has 1 aromatic rings. The number of aldehydes is 1. The van der Waals surface area contributed by atoms with Gasteiger partial charge in [0.2, 0.25) is 0 Å². The van der Waals surface area contributed by atoms with Crippen molar-refractivity contribution in [2.24, 2.45) is 0 Å². The zero-order chi connectivity index (χ0) is 14.9. The molecule has 0 saturated carbocycles. The molecule has 2 rings (SSSR count). The number of nitrogens with one attached hydrogen (secondary N) is 1. The summed E-state index contributed by atoms with van der Waals surface area (Å²) >= 11 is 0. The summed E-state index contributed by atoms with van der Waals surface area (Å²) in [5, 5.41) is 11.1. The highest BCUT2D eigenvalue weighted by Gasteiger charge is 2.33. The number of rotatable bonds is 2. The molecular formula is C12H5F3N2O3. The molecule has 102 valence electrons. The van der Waals surface area contributed by atoms with Gasteiger partial charge >= 0.3 is 6.36 Å². The van der Waals surface area contributed by atoms with Crippen molar-refractivity contribution in [3.63, 3.8) is 0 Å². The molecule has 8 heteroatoms. The minimum Gasteiger partial charge on any atom is -0.406 e. The Balaban J connectivity index is 2.54. The predicted octanol–water partition coefficient (Wildman–Crippen LogP) is 2.01. The maximum absolute atomic E-state index is 12.1. The number of halogens is 3. The van der Waals surface area contributed by atoms with Gasteiger partial charge in [-0.05, 0) is 18.2 Å². The Hall–Kier alpha value is -2.82. The lowest BCUT2D eigenvalue weighted by Crippen LogP contribution is -2.17. The van der Waals surface area contributed by atoms with E-state index in [1.54, 1.807) is 0 Å². The number of allylic oxidation sites excluding steroid dienone is 1. The number of anilines is 1. The van der Waals surface area contributed by atoms with Gasteiger partial charge in [0, 0.05) is 11.3 Å². The third-order valence-corrected chi connectivity index (χ3v) is 2.48. The van der Waals surface area contributed by atoms with Gasteiger partial charge in [0.15, 0.2) is 6.29 Å². The molecule has 0 saturated heterocycles. The summed E-state index contributed by atoms with van der Waals surface area (Å²) in [6.07, 6.45) is -4.71. The number of nitriles is 1. The van der Waals surface area contributed by atoms with Gasteiger partial charge in [-0.2, -0.15) is 5.26 Å². The lowest BCUT2D eigenvalue weighted by molar-refractivity contribution is -0.274. The Morgan fingerprint density at radius 2 is 2.10 bits per heavy atom. The zero-order valence-electron chi connectivity index (χ0n) is 9.62. The zero-order valence-corrected chi connectivity index (χ0v) is 9.62. The monoisotopic (exact) mass is 282 g/mol. The SMILES string of the molecule is N#C/C(C=O)=C1/C(=O)Nc2ccc(OC(F)(F)F)cc21. The largest absolute Gasteiger partial charge is 0.573 e. The van der Waals surface area contributed by atoms with Crippen LogP contribution in [0, 0.1) is 11.3 Å². The van der Waals surface area contributed by atoms with Crippen LogP contribution in [0.2, 0.25) is 0 Å². The first-order valence-electron chi connectivity index (χ1n) is 5.17. The van der Waals surface area contributed by atoms with Gasteiger partial charge in [0.05, 0.1) is 5.57 Å². The number of ether oxygens (including phenoxy) is 1. The number of hydrogen-bond acceptors (Lipinski definition) is 4. The highest BCUT2D eigenvalue weighted by molar-refractivity contribution is 6.35. The molecule has 1 amide bonds. The summed E-state index contributed by atoms with van der Waals surface area (Å²) < 4.78 is 40.1. The van der Waals surface area contributed by atoms with Crippen LogP contribution in [0.3, 0.4) is 0 Å². The van der Waals surface area contributed by atoms with Crippen molar-refractivity contribution < 1.29 is 27.5 Å². The number of benzene rings is 1. The fourth-order valence-corrected chi connectivity index (χ4v) is 1.75. The second-order valence-electron chi connectivity index (χ2n) is 3.73. The van der Waals surface area contributed by atoms with Gasteiger partial charge in [0.25, 0.3) is 5.91 Å². The Bertz CT molecular complexity index is 672.